The minimum absolute atomic E-state index is 0.0112. The topological polar surface area (TPSA) is 115 Å². The SMILES string of the molecule is Cc1nnc(-c2c(CCC3CCOCC3)nc3c(c2C2CCN(C(=O)Cc4ccc(F)c(F)c4)CC2)S(=O)(=O)C[C@@H]3C(C)C)o1. The summed E-state index contributed by atoms with van der Waals surface area (Å²) in [6, 6.07) is 3.50. The van der Waals surface area contributed by atoms with Gasteiger partial charge in [-0.15, -0.1) is 10.2 Å². The first-order valence-corrected chi connectivity index (χ1v) is 17.6. The van der Waals surface area contributed by atoms with Crippen LogP contribution in [0.25, 0.3) is 11.5 Å². The van der Waals surface area contributed by atoms with Crippen LogP contribution in [-0.2, 0) is 32.2 Å². The number of halogens is 2. The minimum atomic E-state index is -3.65. The van der Waals surface area contributed by atoms with Crippen LogP contribution in [0.15, 0.2) is 27.5 Å². The summed E-state index contributed by atoms with van der Waals surface area (Å²) in [6.45, 7) is 8.06. The quantitative estimate of drug-likeness (QED) is 0.314. The summed E-state index contributed by atoms with van der Waals surface area (Å²) in [4.78, 5) is 20.3. The zero-order valence-electron chi connectivity index (χ0n) is 26.0. The third-order valence-electron chi connectivity index (χ3n) is 9.62. The Labute approximate surface area is 262 Å². The number of nitrogens with zero attached hydrogens (tertiary/aromatic N) is 4. The first kappa shape index (κ1) is 31.7. The van der Waals surface area contributed by atoms with Crippen molar-refractivity contribution < 1.29 is 31.1 Å². The summed E-state index contributed by atoms with van der Waals surface area (Å²) < 4.78 is 66.5. The number of fused-ring (bicyclic) bond motifs is 1. The van der Waals surface area contributed by atoms with Gasteiger partial charge >= 0.3 is 0 Å². The molecular weight excluding hydrogens is 602 g/mol. The summed E-state index contributed by atoms with van der Waals surface area (Å²) >= 11 is 0. The smallest absolute Gasteiger partial charge is 0.249 e. The van der Waals surface area contributed by atoms with E-state index in [-0.39, 0.29) is 41.7 Å². The van der Waals surface area contributed by atoms with E-state index in [0.29, 0.717) is 71.4 Å². The summed E-state index contributed by atoms with van der Waals surface area (Å²) in [6.07, 6.45) is 4.52. The zero-order chi connectivity index (χ0) is 31.9. The molecule has 1 atom stereocenters. The second-order valence-electron chi connectivity index (χ2n) is 13.0. The Bertz CT molecular complexity index is 1680. The normalized spacial score (nSPS) is 20.6. The van der Waals surface area contributed by atoms with E-state index in [1.54, 1.807) is 11.8 Å². The molecule has 0 bridgehead atoms. The lowest BCUT2D eigenvalue weighted by atomic mass is 9.82. The summed E-state index contributed by atoms with van der Waals surface area (Å²) in [7, 11) is -3.65. The Balaban J connectivity index is 1.37. The van der Waals surface area contributed by atoms with E-state index in [9.17, 15) is 22.0 Å². The molecule has 2 aromatic heterocycles. The molecule has 9 nitrogen and oxygen atoms in total. The molecule has 3 aromatic rings. The molecule has 6 rings (SSSR count). The van der Waals surface area contributed by atoms with Crippen LogP contribution in [0.4, 0.5) is 8.78 Å². The van der Waals surface area contributed by atoms with E-state index in [1.807, 2.05) is 13.8 Å². The number of ether oxygens (including phenoxy) is 1. The van der Waals surface area contributed by atoms with Gasteiger partial charge in [0, 0.05) is 39.1 Å². The number of carbonyl (C=O) groups is 1. The van der Waals surface area contributed by atoms with Crippen LogP contribution in [0.1, 0.15) is 86.2 Å². The molecule has 0 N–H and O–H groups in total. The van der Waals surface area contributed by atoms with Crippen LogP contribution in [0.2, 0.25) is 0 Å². The lowest BCUT2D eigenvalue weighted by Crippen LogP contribution is -2.39. The van der Waals surface area contributed by atoms with Gasteiger partial charge in [-0.25, -0.2) is 17.2 Å². The number of hydrogen-bond acceptors (Lipinski definition) is 8. The molecule has 2 fully saturated rings. The monoisotopic (exact) mass is 642 g/mol. The van der Waals surface area contributed by atoms with Crippen molar-refractivity contribution in [1.82, 2.24) is 20.1 Å². The highest BCUT2D eigenvalue weighted by Gasteiger charge is 2.44. The molecule has 1 aromatic carbocycles. The molecule has 3 aliphatic heterocycles. The van der Waals surface area contributed by atoms with Gasteiger partial charge in [0.25, 0.3) is 0 Å². The maximum atomic E-state index is 13.9. The van der Waals surface area contributed by atoms with E-state index in [0.717, 1.165) is 50.3 Å². The molecule has 0 spiro atoms. The molecule has 0 aliphatic carbocycles. The standard InChI is InChI=1S/C33H40F2N4O5S/c1-19(2)24-18-45(41,42)32-29(23-8-12-39(13-9-23)28(40)17-22-4-6-25(34)26(35)16-22)30(33-38-37-20(3)44-33)27(36-31(24)32)7-5-21-10-14-43-15-11-21/h4,6,16,19,21,23-24H,5,7-15,17-18H2,1-3H3/t24-/m1/s1. The Morgan fingerprint density at radius 1 is 1.07 bits per heavy atom. The molecule has 0 radical (unpaired) electrons. The number of likely N-dealkylation sites (tertiary alicyclic amines) is 1. The number of piperidine rings is 1. The van der Waals surface area contributed by atoms with Crippen molar-refractivity contribution in [2.45, 2.75) is 82.4 Å². The molecule has 0 saturated carbocycles. The lowest BCUT2D eigenvalue weighted by Gasteiger charge is -2.34. The number of benzene rings is 1. The van der Waals surface area contributed by atoms with Gasteiger partial charge < -0.3 is 14.1 Å². The molecular formula is C33H40F2N4O5S. The Kier molecular flexibility index (Phi) is 9.07. The van der Waals surface area contributed by atoms with E-state index in [1.165, 1.54) is 6.07 Å². The second kappa shape index (κ2) is 12.9. The van der Waals surface area contributed by atoms with E-state index < -0.39 is 21.5 Å². The van der Waals surface area contributed by atoms with Crippen molar-refractivity contribution in [2.24, 2.45) is 11.8 Å². The predicted octanol–water partition coefficient (Wildman–Crippen LogP) is 5.55. The fraction of sp³-hybridized carbons (Fsp3) is 0.576. The van der Waals surface area contributed by atoms with Crippen LogP contribution in [0, 0.1) is 30.4 Å². The van der Waals surface area contributed by atoms with Gasteiger partial charge in [-0.05, 0) is 79.5 Å². The lowest BCUT2D eigenvalue weighted by molar-refractivity contribution is -0.131. The summed E-state index contributed by atoms with van der Waals surface area (Å²) in [5.41, 5.74) is 3.15. The molecule has 2 saturated heterocycles. The van der Waals surface area contributed by atoms with Crippen molar-refractivity contribution >= 4 is 15.7 Å². The molecule has 12 heteroatoms. The minimum Gasteiger partial charge on any atom is -0.421 e. The summed E-state index contributed by atoms with van der Waals surface area (Å²) in [5.74, 6) is -1.28. The number of amides is 1. The van der Waals surface area contributed by atoms with Crippen LogP contribution in [0.5, 0.6) is 0 Å². The van der Waals surface area contributed by atoms with Crippen LogP contribution in [0.3, 0.4) is 0 Å². The Hall–Kier alpha value is -3.25. The average Bonchev–Trinajstić information content (AvgIpc) is 3.57. The third kappa shape index (κ3) is 6.54. The van der Waals surface area contributed by atoms with E-state index in [4.69, 9.17) is 14.1 Å². The highest BCUT2D eigenvalue weighted by Crippen LogP contribution is 2.48. The van der Waals surface area contributed by atoms with Crippen molar-refractivity contribution in [3.05, 3.63) is 58.2 Å². The maximum absolute atomic E-state index is 13.9. The second-order valence-corrected chi connectivity index (χ2v) is 15.0. The van der Waals surface area contributed by atoms with Gasteiger partial charge in [-0.3, -0.25) is 9.78 Å². The molecule has 5 heterocycles. The average molecular weight is 643 g/mol. The zero-order valence-corrected chi connectivity index (χ0v) is 26.8. The number of sulfone groups is 1. The third-order valence-corrected chi connectivity index (χ3v) is 11.5. The number of pyridine rings is 1. The highest BCUT2D eigenvalue weighted by atomic mass is 32.2. The number of carbonyl (C=O) groups excluding carboxylic acids is 1. The highest BCUT2D eigenvalue weighted by molar-refractivity contribution is 7.91. The maximum Gasteiger partial charge on any atom is 0.249 e. The predicted molar refractivity (Wildman–Crippen MR) is 162 cm³/mol. The first-order valence-electron chi connectivity index (χ1n) is 15.9. The fourth-order valence-electron chi connectivity index (χ4n) is 7.08. The van der Waals surface area contributed by atoms with Crippen molar-refractivity contribution in [1.29, 1.82) is 0 Å². The van der Waals surface area contributed by atoms with Crippen LogP contribution < -0.4 is 0 Å². The van der Waals surface area contributed by atoms with Gasteiger partial charge in [-0.1, -0.05) is 19.9 Å². The van der Waals surface area contributed by atoms with Crippen molar-refractivity contribution in [2.75, 3.05) is 32.1 Å². The number of hydrogen-bond donors (Lipinski definition) is 0. The number of rotatable bonds is 8. The first-order chi connectivity index (χ1) is 21.5. The van der Waals surface area contributed by atoms with Crippen molar-refractivity contribution in [3.8, 4) is 11.5 Å². The molecule has 45 heavy (non-hydrogen) atoms. The van der Waals surface area contributed by atoms with Gasteiger partial charge in [0.15, 0.2) is 21.5 Å². The van der Waals surface area contributed by atoms with Gasteiger partial charge in [-0.2, -0.15) is 0 Å². The van der Waals surface area contributed by atoms with Crippen molar-refractivity contribution in [3.63, 3.8) is 0 Å². The van der Waals surface area contributed by atoms with E-state index in [2.05, 4.69) is 10.2 Å². The summed E-state index contributed by atoms with van der Waals surface area (Å²) in [5, 5.41) is 8.45. The van der Waals surface area contributed by atoms with Crippen LogP contribution in [-0.4, -0.2) is 66.5 Å². The fourth-order valence-corrected chi connectivity index (χ4v) is 9.38. The Morgan fingerprint density at radius 3 is 2.44 bits per heavy atom. The molecule has 1 amide bonds. The molecule has 0 unspecified atom stereocenters. The number of aromatic nitrogens is 3. The van der Waals surface area contributed by atoms with Gasteiger partial charge in [0.1, 0.15) is 0 Å². The van der Waals surface area contributed by atoms with Crippen LogP contribution >= 0.6 is 0 Å². The number of aryl methyl sites for hydroxylation is 2. The molecule has 242 valence electrons. The van der Waals surface area contributed by atoms with E-state index >= 15 is 0 Å². The largest absolute Gasteiger partial charge is 0.421 e. The van der Waals surface area contributed by atoms with Gasteiger partial charge in [0.2, 0.25) is 17.7 Å². The Morgan fingerprint density at radius 2 is 1.80 bits per heavy atom. The van der Waals surface area contributed by atoms with Gasteiger partial charge in [0.05, 0.1) is 34.0 Å². The molecule has 3 aliphatic rings.